The summed E-state index contributed by atoms with van der Waals surface area (Å²) in [5.41, 5.74) is 7.18. The Kier molecular flexibility index (Phi) is 3.60. The van der Waals surface area contributed by atoms with Gasteiger partial charge in [-0.2, -0.15) is 15.0 Å². The van der Waals surface area contributed by atoms with Gasteiger partial charge in [-0.1, -0.05) is 6.07 Å². The van der Waals surface area contributed by atoms with Gasteiger partial charge in [-0.15, -0.1) is 0 Å². The van der Waals surface area contributed by atoms with Gasteiger partial charge in [0, 0.05) is 0 Å². The Morgan fingerprint density at radius 2 is 1.92 bits per heavy atom. The van der Waals surface area contributed by atoms with Gasteiger partial charge in [0.15, 0.2) is 28.5 Å². The number of fused-ring (bicyclic) bond motifs is 3. The van der Waals surface area contributed by atoms with E-state index in [9.17, 15) is 9.50 Å². The Morgan fingerprint density at radius 3 is 2.76 bits per heavy atom. The summed E-state index contributed by atoms with van der Waals surface area (Å²) < 4.78 is 26.2. The molecule has 0 spiro atoms. The van der Waals surface area contributed by atoms with E-state index in [-0.39, 0.29) is 48.9 Å². The molecule has 4 rings (SSSR count). The van der Waals surface area contributed by atoms with E-state index in [4.69, 9.17) is 15.2 Å². The van der Waals surface area contributed by atoms with E-state index in [2.05, 4.69) is 15.0 Å². The van der Waals surface area contributed by atoms with Crippen LogP contribution in [0.4, 0.5) is 10.2 Å². The molecule has 0 amide bonds. The second-order valence-corrected chi connectivity index (χ2v) is 5.42. The van der Waals surface area contributed by atoms with Crippen LogP contribution >= 0.6 is 0 Å². The normalized spacial score (nSPS) is 15.4. The number of aromatic hydroxyl groups is 1. The molecule has 3 heterocycles. The molecule has 1 aliphatic rings. The predicted octanol–water partition coefficient (Wildman–Crippen LogP) is 1.63. The second-order valence-electron chi connectivity index (χ2n) is 5.42. The van der Waals surface area contributed by atoms with Gasteiger partial charge in [0.2, 0.25) is 0 Å². The van der Waals surface area contributed by atoms with Crippen molar-refractivity contribution >= 4 is 17.0 Å². The number of anilines is 1. The van der Waals surface area contributed by atoms with Gasteiger partial charge < -0.3 is 20.3 Å². The summed E-state index contributed by atoms with van der Waals surface area (Å²) in [5.74, 6) is -0.235. The first kappa shape index (κ1) is 15.2. The highest BCUT2D eigenvalue weighted by Gasteiger charge is 2.18. The van der Waals surface area contributed by atoms with E-state index >= 15 is 0 Å². The zero-order valence-corrected chi connectivity index (χ0v) is 13.0. The molecule has 9 heteroatoms. The van der Waals surface area contributed by atoms with Gasteiger partial charge in [-0.25, -0.2) is 4.39 Å². The van der Waals surface area contributed by atoms with Crippen LogP contribution in [0.25, 0.3) is 11.2 Å². The van der Waals surface area contributed by atoms with Crippen LogP contribution in [0.5, 0.6) is 17.8 Å². The van der Waals surface area contributed by atoms with Crippen LogP contribution in [0, 0.1) is 5.82 Å². The van der Waals surface area contributed by atoms with Crippen LogP contribution in [-0.2, 0) is 6.54 Å². The average Bonchev–Trinajstić information content (AvgIpc) is 2.90. The first-order chi connectivity index (χ1) is 12.1. The van der Waals surface area contributed by atoms with Crippen molar-refractivity contribution in [2.24, 2.45) is 0 Å². The highest BCUT2D eigenvalue weighted by Crippen LogP contribution is 2.27. The number of nitrogen functional groups attached to an aromatic ring is 1. The maximum atomic E-state index is 13.9. The number of imidazole rings is 1. The fraction of sp³-hybridized carbons (Fsp3) is 0.188. The van der Waals surface area contributed by atoms with Crippen molar-refractivity contribution in [1.82, 2.24) is 19.5 Å². The first-order valence-electron chi connectivity index (χ1n) is 7.53. The summed E-state index contributed by atoms with van der Waals surface area (Å²) in [6, 6.07) is 4.29. The van der Waals surface area contributed by atoms with Crippen molar-refractivity contribution in [3.63, 3.8) is 0 Å². The van der Waals surface area contributed by atoms with Crippen LogP contribution in [0.15, 0.2) is 30.4 Å². The fourth-order valence-electron chi connectivity index (χ4n) is 2.54. The molecule has 1 aliphatic heterocycles. The monoisotopic (exact) mass is 343 g/mol. The topological polar surface area (TPSA) is 108 Å². The van der Waals surface area contributed by atoms with E-state index in [1.54, 1.807) is 24.3 Å². The minimum Gasteiger partial charge on any atom is -0.486 e. The number of aromatic nitrogens is 4. The van der Waals surface area contributed by atoms with Crippen LogP contribution in [0.2, 0.25) is 0 Å². The van der Waals surface area contributed by atoms with Crippen molar-refractivity contribution < 1.29 is 19.0 Å². The van der Waals surface area contributed by atoms with Crippen molar-refractivity contribution in [3.8, 4) is 17.8 Å². The Bertz CT molecular complexity index is 986. The molecule has 0 atom stereocenters. The average molecular weight is 343 g/mol. The number of hydrogen-bond donors (Lipinski definition) is 2. The van der Waals surface area contributed by atoms with Gasteiger partial charge in [0.05, 0.1) is 6.54 Å². The summed E-state index contributed by atoms with van der Waals surface area (Å²) in [5, 5.41) is 10.2. The number of halogens is 1. The zero-order valence-electron chi connectivity index (χ0n) is 13.0. The summed E-state index contributed by atoms with van der Waals surface area (Å²) in [4.78, 5) is 12.3. The molecule has 0 aliphatic carbocycles. The van der Waals surface area contributed by atoms with Crippen molar-refractivity contribution in [3.05, 3.63) is 41.7 Å². The third kappa shape index (κ3) is 2.80. The highest BCUT2D eigenvalue weighted by atomic mass is 19.1. The molecule has 0 saturated heterocycles. The molecular weight excluding hydrogens is 329 g/mol. The van der Waals surface area contributed by atoms with Crippen LogP contribution in [-0.4, -0.2) is 37.8 Å². The van der Waals surface area contributed by atoms with Gasteiger partial charge in [-0.05, 0) is 29.8 Å². The third-order valence-corrected chi connectivity index (χ3v) is 3.73. The Balaban J connectivity index is 1.88. The zero-order chi connectivity index (χ0) is 17.4. The highest BCUT2D eigenvalue weighted by molar-refractivity contribution is 5.83. The van der Waals surface area contributed by atoms with E-state index < -0.39 is 5.82 Å². The SMILES string of the molecule is Nc1nc2nc3c1nc(O)n3Cc1ccc(F)c(c1)OC/C=C\CO2. The van der Waals surface area contributed by atoms with Crippen molar-refractivity contribution in [2.45, 2.75) is 6.54 Å². The fourth-order valence-corrected chi connectivity index (χ4v) is 2.54. The number of rotatable bonds is 0. The lowest BCUT2D eigenvalue weighted by Gasteiger charge is -2.10. The Hall–Kier alpha value is -3.36. The number of hydrogen-bond acceptors (Lipinski definition) is 7. The van der Waals surface area contributed by atoms with Crippen LogP contribution < -0.4 is 15.2 Å². The molecule has 128 valence electrons. The van der Waals surface area contributed by atoms with Crippen molar-refractivity contribution in [1.29, 1.82) is 0 Å². The van der Waals surface area contributed by atoms with E-state index in [0.29, 0.717) is 11.2 Å². The number of nitrogens with two attached hydrogens (primary N) is 1. The largest absolute Gasteiger partial charge is 0.486 e. The minimum atomic E-state index is -0.464. The van der Waals surface area contributed by atoms with Gasteiger partial charge >= 0.3 is 6.01 Å². The van der Waals surface area contributed by atoms with E-state index in [1.165, 1.54) is 10.6 Å². The molecule has 1 aromatic carbocycles. The number of benzene rings is 1. The van der Waals surface area contributed by atoms with Crippen LogP contribution in [0.3, 0.4) is 0 Å². The maximum absolute atomic E-state index is 13.9. The molecule has 0 fully saturated rings. The summed E-state index contributed by atoms with van der Waals surface area (Å²) in [7, 11) is 0. The quantitative estimate of drug-likeness (QED) is 0.597. The maximum Gasteiger partial charge on any atom is 0.320 e. The van der Waals surface area contributed by atoms with Gasteiger partial charge in [0.1, 0.15) is 13.2 Å². The first-order valence-corrected chi connectivity index (χ1v) is 7.53. The molecule has 0 radical (unpaired) electrons. The molecule has 8 nitrogen and oxygen atoms in total. The summed E-state index contributed by atoms with van der Waals surface area (Å²) in [6.07, 6.45) is 3.40. The molecule has 25 heavy (non-hydrogen) atoms. The van der Waals surface area contributed by atoms with E-state index in [1.807, 2.05) is 0 Å². The summed E-state index contributed by atoms with van der Waals surface area (Å²) >= 11 is 0. The smallest absolute Gasteiger partial charge is 0.320 e. The lowest BCUT2D eigenvalue weighted by molar-refractivity contribution is 0.325. The molecule has 3 aromatic rings. The van der Waals surface area contributed by atoms with Gasteiger partial charge in [-0.3, -0.25) is 4.57 Å². The number of nitrogens with zero attached hydrogens (tertiary/aromatic N) is 4. The van der Waals surface area contributed by atoms with Crippen LogP contribution in [0.1, 0.15) is 5.56 Å². The van der Waals surface area contributed by atoms with E-state index in [0.717, 1.165) is 0 Å². The van der Waals surface area contributed by atoms with Gasteiger partial charge in [0.25, 0.3) is 6.01 Å². The second kappa shape index (κ2) is 5.93. The molecule has 4 bridgehead atoms. The summed E-state index contributed by atoms with van der Waals surface area (Å²) in [6.45, 7) is 0.578. The third-order valence-electron chi connectivity index (χ3n) is 3.73. The molecule has 0 unspecified atom stereocenters. The molecule has 2 aromatic heterocycles. The number of ether oxygens (including phenoxy) is 2. The minimum absolute atomic E-state index is 0.0774. The predicted molar refractivity (Wildman–Crippen MR) is 87.0 cm³/mol. The standard InChI is InChI=1S/C16H14FN5O3/c17-10-4-3-9-7-11(10)24-5-1-2-6-25-15-20-13(18)12-14(21-15)22(8-9)16(23)19-12/h1-4,7H,5-6,8H2,(H,19,23)(H2,18,20,21)/b2-1-. The Labute approximate surface area is 141 Å². The molecule has 0 saturated carbocycles. The molecular formula is C16H14FN5O3. The lowest BCUT2D eigenvalue weighted by Crippen LogP contribution is -2.07. The Morgan fingerprint density at radius 1 is 1.12 bits per heavy atom. The lowest BCUT2D eigenvalue weighted by atomic mass is 10.2. The molecule has 3 N–H and O–H groups in total. The van der Waals surface area contributed by atoms with Crippen molar-refractivity contribution in [2.75, 3.05) is 18.9 Å².